The van der Waals surface area contributed by atoms with E-state index in [4.69, 9.17) is 14.0 Å². The Morgan fingerprint density at radius 1 is 1.13 bits per heavy atom. The predicted octanol–water partition coefficient (Wildman–Crippen LogP) is 3.63. The number of aliphatic hydroxyl groups excluding tert-OH is 1. The number of nitrogens with zero attached hydrogens (tertiary/aromatic N) is 2. The molecule has 1 N–H and O–H groups in total. The SMILES string of the molecule is Cc1noc(C)c1COc1ccc(CN2C[C@@H](O)[C@H](Oc3cccc(F)c3)C2)cc1. The Labute approximate surface area is 174 Å². The van der Waals surface area contributed by atoms with E-state index >= 15 is 0 Å². The molecule has 0 amide bonds. The monoisotopic (exact) mass is 412 g/mol. The molecule has 2 atom stereocenters. The summed E-state index contributed by atoms with van der Waals surface area (Å²) >= 11 is 0. The van der Waals surface area contributed by atoms with Gasteiger partial charge in [-0.1, -0.05) is 23.4 Å². The standard InChI is InChI=1S/C23H25FN2O4/c1-15-21(16(2)30-25-15)14-28-19-8-6-17(7-9-19)11-26-12-22(27)23(13-26)29-20-5-3-4-18(24)10-20/h3-10,22-23,27H,11-14H2,1-2H3/t22-,23-/m1/s1. The molecule has 1 aromatic heterocycles. The Morgan fingerprint density at radius 2 is 1.93 bits per heavy atom. The highest BCUT2D eigenvalue weighted by atomic mass is 19.1. The molecule has 2 heterocycles. The predicted molar refractivity (Wildman–Crippen MR) is 109 cm³/mol. The van der Waals surface area contributed by atoms with Crippen LogP contribution in [0.1, 0.15) is 22.6 Å². The summed E-state index contributed by atoms with van der Waals surface area (Å²) in [6.07, 6.45) is -1.00. The zero-order chi connectivity index (χ0) is 21.1. The molecule has 0 spiro atoms. The van der Waals surface area contributed by atoms with E-state index in [1.165, 1.54) is 12.1 Å². The molecule has 4 rings (SSSR count). The molecule has 7 heteroatoms. The van der Waals surface area contributed by atoms with Crippen LogP contribution in [0.2, 0.25) is 0 Å². The van der Waals surface area contributed by atoms with Gasteiger partial charge in [0.05, 0.1) is 11.3 Å². The topological polar surface area (TPSA) is 68.0 Å². The van der Waals surface area contributed by atoms with Crippen molar-refractivity contribution in [3.63, 3.8) is 0 Å². The Balaban J connectivity index is 1.30. The third-order valence-electron chi connectivity index (χ3n) is 5.29. The molecule has 0 saturated carbocycles. The van der Waals surface area contributed by atoms with Gasteiger partial charge in [0.25, 0.3) is 0 Å². The lowest BCUT2D eigenvalue weighted by molar-refractivity contribution is 0.0734. The zero-order valence-corrected chi connectivity index (χ0v) is 17.0. The molecule has 0 bridgehead atoms. The van der Waals surface area contributed by atoms with Crippen molar-refractivity contribution in [1.29, 1.82) is 0 Å². The quantitative estimate of drug-likeness (QED) is 0.639. The summed E-state index contributed by atoms with van der Waals surface area (Å²) in [6, 6.07) is 13.9. The minimum absolute atomic E-state index is 0.353. The van der Waals surface area contributed by atoms with Crippen LogP contribution in [0.5, 0.6) is 11.5 Å². The van der Waals surface area contributed by atoms with E-state index in [0.717, 1.165) is 28.3 Å². The molecule has 1 aliphatic heterocycles. The Kier molecular flexibility index (Phi) is 6.01. The van der Waals surface area contributed by atoms with Crippen LogP contribution in [0.3, 0.4) is 0 Å². The molecule has 3 aromatic rings. The van der Waals surface area contributed by atoms with Crippen LogP contribution in [0.4, 0.5) is 4.39 Å². The van der Waals surface area contributed by atoms with Crippen molar-refractivity contribution in [1.82, 2.24) is 10.1 Å². The molecule has 1 fully saturated rings. The highest BCUT2D eigenvalue weighted by Crippen LogP contribution is 2.22. The van der Waals surface area contributed by atoms with Crippen LogP contribution in [-0.2, 0) is 13.2 Å². The number of likely N-dealkylation sites (tertiary alicyclic amines) is 1. The number of halogens is 1. The van der Waals surface area contributed by atoms with Crippen molar-refractivity contribution in [2.45, 2.75) is 39.2 Å². The van der Waals surface area contributed by atoms with Crippen LogP contribution >= 0.6 is 0 Å². The maximum absolute atomic E-state index is 13.3. The first-order valence-electron chi connectivity index (χ1n) is 9.94. The van der Waals surface area contributed by atoms with E-state index in [1.54, 1.807) is 12.1 Å². The van der Waals surface area contributed by atoms with E-state index in [-0.39, 0.29) is 11.9 Å². The summed E-state index contributed by atoms with van der Waals surface area (Å²) < 4.78 is 30.1. The van der Waals surface area contributed by atoms with Gasteiger partial charge in [-0.25, -0.2) is 4.39 Å². The smallest absolute Gasteiger partial charge is 0.140 e. The molecular formula is C23H25FN2O4. The summed E-state index contributed by atoms with van der Waals surface area (Å²) in [5.74, 6) is 1.62. The van der Waals surface area contributed by atoms with Crippen LogP contribution in [0.15, 0.2) is 53.1 Å². The highest BCUT2D eigenvalue weighted by molar-refractivity contribution is 5.29. The van der Waals surface area contributed by atoms with Gasteiger partial charge in [0.15, 0.2) is 0 Å². The van der Waals surface area contributed by atoms with E-state index in [9.17, 15) is 9.50 Å². The maximum Gasteiger partial charge on any atom is 0.140 e. The highest BCUT2D eigenvalue weighted by Gasteiger charge is 2.33. The normalized spacial score (nSPS) is 19.2. The lowest BCUT2D eigenvalue weighted by atomic mass is 10.2. The molecule has 1 aliphatic rings. The van der Waals surface area contributed by atoms with Crippen LogP contribution < -0.4 is 9.47 Å². The minimum atomic E-state index is -0.620. The van der Waals surface area contributed by atoms with Crippen molar-refractivity contribution in [2.75, 3.05) is 13.1 Å². The van der Waals surface area contributed by atoms with Gasteiger partial charge in [-0.05, 0) is 43.7 Å². The van der Waals surface area contributed by atoms with Gasteiger partial charge >= 0.3 is 0 Å². The van der Waals surface area contributed by atoms with Gasteiger partial charge in [0.1, 0.15) is 41.9 Å². The van der Waals surface area contributed by atoms with Crippen molar-refractivity contribution < 1.29 is 23.5 Å². The maximum atomic E-state index is 13.3. The summed E-state index contributed by atoms with van der Waals surface area (Å²) in [7, 11) is 0. The van der Waals surface area contributed by atoms with E-state index in [0.29, 0.717) is 32.0 Å². The van der Waals surface area contributed by atoms with Crippen LogP contribution in [0, 0.1) is 19.7 Å². The number of rotatable bonds is 7. The third kappa shape index (κ3) is 4.80. The first-order chi connectivity index (χ1) is 14.5. The summed E-state index contributed by atoms with van der Waals surface area (Å²) in [4.78, 5) is 2.12. The van der Waals surface area contributed by atoms with Gasteiger partial charge in [-0.2, -0.15) is 0 Å². The molecule has 30 heavy (non-hydrogen) atoms. The number of β-amino-alcohol motifs (C(OH)–C–C–N with tert-alkyl or cyclic N) is 1. The second-order valence-corrected chi connectivity index (χ2v) is 7.61. The summed E-state index contributed by atoms with van der Waals surface area (Å²) in [5, 5.41) is 14.3. The van der Waals surface area contributed by atoms with Crippen LogP contribution in [-0.4, -0.2) is 40.5 Å². The molecule has 0 unspecified atom stereocenters. The molecule has 158 valence electrons. The molecule has 0 radical (unpaired) electrons. The van der Waals surface area contributed by atoms with Gasteiger partial charge in [0.2, 0.25) is 0 Å². The molecule has 0 aliphatic carbocycles. The fourth-order valence-corrected chi connectivity index (χ4v) is 3.61. The summed E-state index contributed by atoms with van der Waals surface area (Å²) in [6.45, 7) is 5.94. The number of benzene rings is 2. The second kappa shape index (κ2) is 8.85. The van der Waals surface area contributed by atoms with Crippen molar-refractivity contribution in [3.8, 4) is 11.5 Å². The van der Waals surface area contributed by atoms with Gasteiger partial charge < -0.3 is 19.1 Å². The molecular weight excluding hydrogens is 387 g/mol. The number of ether oxygens (including phenoxy) is 2. The fraction of sp³-hybridized carbons (Fsp3) is 0.348. The van der Waals surface area contributed by atoms with Crippen molar-refractivity contribution >= 4 is 0 Å². The fourth-order valence-electron chi connectivity index (χ4n) is 3.61. The van der Waals surface area contributed by atoms with Gasteiger partial charge in [-0.3, -0.25) is 4.90 Å². The van der Waals surface area contributed by atoms with E-state index in [1.807, 2.05) is 38.1 Å². The Bertz CT molecular complexity index is 970. The second-order valence-electron chi connectivity index (χ2n) is 7.61. The van der Waals surface area contributed by atoms with Crippen LogP contribution in [0.25, 0.3) is 0 Å². The number of hydrogen-bond donors (Lipinski definition) is 1. The minimum Gasteiger partial charge on any atom is -0.489 e. The first kappa shape index (κ1) is 20.4. The molecule has 2 aromatic carbocycles. The van der Waals surface area contributed by atoms with E-state index < -0.39 is 6.10 Å². The number of hydrogen-bond acceptors (Lipinski definition) is 6. The van der Waals surface area contributed by atoms with Crippen molar-refractivity contribution in [3.05, 3.63) is 76.9 Å². The molecule has 6 nitrogen and oxygen atoms in total. The van der Waals surface area contributed by atoms with E-state index in [2.05, 4.69) is 10.1 Å². The average Bonchev–Trinajstić information content (AvgIpc) is 3.22. The number of aromatic nitrogens is 1. The first-order valence-corrected chi connectivity index (χ1v) is 9.94. The lowest BCUT2D eigenvalue weighted by Gasteiger charge is -2.17. The zero-order valence-electron chi connectivity index (χ0n) is 17.0. The number of aryl methyl sites for hydroxylation is 2. The lowest BCUT2D eigenvalue weighted by Crippen LogP contribution is -2.29. The third-order valence-corrected chi connectivity index (χ3v) is 5.29. The number of aliphatic hydroxyl groups is 1. The van der Waals surface area contributed by atoms with Gasteiger partial charge in [0, 0.05) is 25.7 Å². The average molecular weight is 412 g/mol. The Hall–Kier alpha value is -2.90. The van der Waals surface area contributed by atoms with Crippen molar-refractivity contribution in [2.24, 2.45) is 0 Å². The van der Waals surface area contributed by atoms with Gasteiger partial charge in [-0.15, -0.1) is 0 Å². The molecule has 1 saturated heterocycles. The largest absolute Gasteiger partial charge is 0.489 e. The summed E-state index contributed by atoms with van der Waals surface area (Å²) in [5.41, 5.74) is 2.92. The Morgan fingerprint density at radius 3 is 2.63 bits per heavy atom.